The highest BCUT2D eigenvalue weighted by Gasteiger charge is 2.13. The molecule has 0 spiro atoms. The second-order valence-corrected chi connectivity index (χ2v) is 6.38. The fourth-order valence-electron chi connectivity index (χ4n) is 1.81. The number of hydrogen-bond acceptors (Lipinski definition) is 4. The van der Waals surface area contributed by atoms with Crippen LogP contribution in [0.5, 0.6) is 0 Å². The van der Waals surface area contributed by atoms with Crippen LogP contribution < -0.4 is 10.5 Å². The molecule has 0 radical (unpaired) electrons. The predicted molar refractivity (Wildman–Crippen MR) is 76.3 cm³/mol. The highest BCUT2D eigenvalue weighted by molar-refractivity contribution is 7.89. The van der Waals surface area contributed by atoms with Crippen molar-refractivity contribution in [1.29, 1.82) is 0 Å². The van der Waals surface area contributed by atoms with Crippen LogP contribution in [0.2, 0.25) is 0 Å². The molecule has 5 nitrogen and oxygen atoms in total. The fourth-order valence-corrected chi connectivity index (χ4v) is 3.02. The summed E-state index contributed by atoms with van der Waals surface area (Å²) in [4.78, 5) is 0.209. The SMILES string of the molecule is Cc1cc(N)cc(S(=O)(=O)NCCCCCCO)c1. The van der Waals surface area contributed by atoms with Crippen molar-refractivity contribution in [2.75, 3.05) is 18.9 Å². The van der Waals surface area contributed by atoms with Crippen LogP contribution in [-0.2, 0) is 10.0 Å². The van der Waals surface area contributed by atoms with E-state index in [0.29, 0.717) is 12.2 Å². The number of rotatable bonds is 8. The molecule has 0 aliphatic rings. The summed E-state index contributed by atoms with van der Waals surface area (Å²) in [6.45, 7) is 2.40. The van der Waals surface area contributed by atoms with E-state index in [1.165, 1.54) is 6.07 Å². The van der Waals surface area contributed by atoms with E-state index in [1.807, 2.05) is 6.92 Å². The van der Waals surface area contributed by atoms with Gasteiger partial charge in [0.05, 0.1) is 4.90 Å². The standard InChI is InChI=1S/C13H22N2O3S/c1-11-8-12(14)10-13(9-11)19(17,18)15-6-4-2-3-5-7-16/h8-10,15-16H,2-7,14H2,1H3. The Bertz CT molecular complexity index is 480. The summed E-state index contributed by atoms with van der Waals surface area (Å²) in [5, 5.41) is 8.63. The third-order valence-corrected chi connectivity index (χ3v) is 4.20. The van der Waals surface area contributed by atoms with Crippen molar-refractivity contribution >= 4 is 15.7 Å². The van der Waals surface area contributed by atoms with Gasteiger partial charge in [0, 0.05) is 18.8 Å². The molecule has 0 fully saturated rings. The maximum absolute atomic E-state index is 12.0. The Balaban J connectivity index is 2.51. The number of anilines is 1. The quantitative estimate of drug-likeness (QED) is 0.497. The number of aryl methyl sites for hydroxylation is 1. The molecule has 0 saturated carbocycles. The molecule has 0 aliphatic heterocycles. The zero-order valence-electron chi connectivity index (χ0n) is 11.2. The van der Waals surface area contributed by atoms with Gasteiger partial charge in [-0.15, -0.1) is 0 Å². The van der Waals surface area contributed by atoms with Gasteiger partial charge in [-0.1, -0.05) is 12.8 Å². The Labute approximate surface area is 114 Å². The highest BCUT2D eigenvalue weighted by atomic mass is 32.2. The van der Waals surface area contributed by atoms with Gasteiger partial charge in [0.1, 0.15) is 0 Å². The third-order valence-electron chi connectivity index (χ3n) is 2.76. The molecule has 0 saturated heterocycles. The Morgan fingerprint density at radius 3 is 2.47 bits per heavy atom. The molecule has 0 aromatic heterocycles. The Hall–Kier alpha value is -1.11. The minimum atomic E-state index is -3.48. The zero-order chi connectivity index (χ0) is 14.3. The maximum atomic E-state index is 12.0. The summed E-state index contributed by atoms with van der Waals surface area (Å²) >= 11 is 0. The Morgan fingerprint density at radius 2 is 1.84 bits per heavy atom. The minimum absolute atomic E-state index is 0.189. The molecule has 0 atom stereocenters. The molecule has 4 N–H and O–H groups in total. The van der Waals surface area contributed by atoms with Gasteiger partial charge >= 0.3 is 0 Å². The zero-order valence-corrected chi connectivity index (χ0v) is 12.0. The molecule has 1 rings (SSSR count). The van der Waals surface area contributed by atoms with Crippen LogP contribution in [0.3, 0.4) is 0 Å². The number of nitrogen functional groups attached to an aromatic ring is 1. The van der Waals surface area contributed by atoms with Gasteiger partial charge in [0.25, 0.3) is 0 Å². The molecule has 0 aliphatic carbocycles. The van der Waals surface area contributed by atoms with E-state index in [-0.39, 0.29) is 11.5 Å². The van der Waals surface area contributed by atoms with Crippen molar-refractivity contribution in [3.05, 3.63) is 23.8 Å². The maximum Gasteiger partial charge on any atom is 0.240 e. The van der Waals surface area contributed by atoms with Crippen LogP contribution in [0.4, 0.5) is 5.69 Å². The molecule has 19 heavy (non-hydrogen) atoms. The lowest BCUT2D eigenvalue weighted by Crippen LogP contribution is -2.25. The summed E-state index contributed by atoms with van der Waals surface area (Å²) in [7, 11) is -3.48. The fraction of sp³-hybridized carbons (Fsp3) is 0.538. The van der Waals surface area contributed by atoms with E-state index in [2.05, 4.69) is 4.72 Å². The molecule has 0 bridgehead atoms. The van der Waals surface area contributed by atoms with E-state index in [1.54, 1.807) is 12.1 Å². The van der Waals surface area contributed by atoms with Crippen LogP contribution in [0.1, 0.15) is 31.2 Å². The predicted octanol–water partition coefficient (Wildman–Crippen LogP) is 1.41. The highest BCUT2D eigenvalue weighted by Crippen LogP contribution is 2.16. The number of aliphatic hydroxyl groups is 1. The van der Waals surface area contributed by atoms with Crippen LogP contribution in [0.25, 0.3) is 0 Å². The lowest BCUT2D eigenvalue weighted by Gasteiger charge is -2.08. The van der Waals surface area contributed by atoms with Crippen molar-refractivity contribution in [3.8, 4) is 0 Å². The lowest BCUT2D eigenvalue weighted by atomic mass is 10.2. The normalized spacial score (nSPS) is 11.7. The van der Waals surface area contributed by atoms with Crippen LogP contribution in [-0.4, -0.2) is 26.7 Å². The molecule has 1 aromatic rings. The molecule has 0 unspecified atom stereocenters. The van der Waals surface area contributed by atoms with E-state index >= 15 is 0 Å². The Morgan fingerprint density at radius 1 is 1.16 bits per heavy atom. The second-order valence-electron chi connectivity index (χ2n) is 4.61. The first-order chi connectivity index (χ1) is 8.95. The Kier molecular flexibility index (Phi) is 6.27. The molecule has 0 heterocycles. The average molecular weight is 286 g/mol. The smallest absolute Gasteiger partial charge is 0.240 e. The van der Waals surface area contributed by atoms with Gasteiger partial charge < -0.3 is 10.8 Å². The number of nitrogens with one attached hydrogen (secondary N) is 1. The van der Waals surface area contributed by atoms with Crippen LogP contribution >= 0.6 is 0 Å². The number of nitrogens with two attached hydrogens (primary N) is 1. The van der Waals surface area contributed by atoms with Crippen LogP contribution in [0.15, 0.2) is 23.1 Å². The van der Waals surface area contributed by atoms with Crippen LogP contribution in [0, 0.1) is 6.92 Å². The third kappa shape index (κ3) is 5.59. The van der Waals surface area contributed by atoms with Gasteiger partial charge in [-0.2, -0.15) is 0 Å². The summed E-state index contributed by atoms with van der Waals surface area (Å²) in [5.74, 6) is 0. The number of sulfonamides is 1. The topological polar surface area (TPSA) is 92.4 Å². The van der Waals surface area contributed by atoms with E-state index in [9.17, 15) is 8.42 Å². The van der Waals surface area contributed by atoms with Crippen molar-refractivity contribution in [1.82, 2.24) is 4.72 Å². The minimum Gasteiger partial charge on any atom is -0.399 e. The van der Waals surface area contributed by atoms with Gasteiger partial charge in [0.2, 0.25) is 10.0 Å². The van der Waals surface area contributed by atoms with Crippen molar-refractivity contribution in [2.24, 2.45) is 0 Å². The van der Waals surface area contributed by atoms with Crippen molar-refractivity contribution in [3.63, 3.8) is 0 Å². The van der Waals surface area contributed by atoms with Gasteiger partial charge in [-0.25, -0.2) is 13.1 Å². The molecule has 108 valence electrons. The van der Waals surface area contributed by atoms with E-state index in [0.717, 1.165) is 31.2 Å². The number of benzene rings is 1. The molecular weight excluding hydrogens is 264 g/mol. The number of hydrogen-bond donors (Lipinski definition) is 3. The summed E-state index contributed by atoms with van der Waals surface area (Å²) in [5.41, 5.74) is 6.92. The largest absolute Gasteiger partial charge is 0.399 e. The van der Waals surface area contributed by atoms with E-state index < -0.39 is 10.0 Å². The molecule has 0 amide bonds. The lowest BCUT2D eigenvalue weighted by molar-refractivity contribution is 0.282. The summed E-state index contributed by atoms with van der Waals surface area (Å²) < 4.78 is 26.6. The first-order valence-electron chi connectivity index (χ1n) is 6.43. The summed E-state index contributed by atoms with van der Waals surface area (Å²) in [6.07, 6.45) is 3.34. The average Bonchev–Trinajstić information content (AvgIpc) is 2.32. The van der Waals surface area contributed by atoms with Crippen molar-refractivity contribution in [2.45, 2.75) is 37.5 Å². The molecular formula is C13H22N2O3S. The number of aliphatic hydroxyl groups excluding tert-OH is 1. The van der Waals surface area contributed by atoms with Gasteiger partial charge in [-0.05, 0) is 43.5 Å². The van der Waals surface area contributed by atoms with Gasteiger partial charge in [-0.3, -0.25) is 0 Å². The molecule has 1 aromatic carbocycles. The number of unbranched alkanes of at least 4 members (excludes halogenated alkanes) is 3. The monoisotopic (exact) mass is 286 g/mol. The second kappa shape index (κ2) is 7.47. The molecule has 6 heteroatoms. The first kappa shape index (κ1) is 15.9. The summed E-state index contributed by atoms with van der Waals surface area (Å²) in [6, 6.07) is 4.79. The van der Waals surface area contributed by atoms with E-state index in [4.69, 9.17) is 10.8 Å². The van der Waals surface area contributed by atoms with Crippen molar-refractivity contribution < 1.29 is 13.5 Å². The van der Waals surface area contributed by atoms with Gasteiger partial charge in [0.15, 0.2) is 0 Å². The first-order valence-corrected chi connectivity index (χ1v) is 7.92.